The molecule has 21 heavy (non-hydrogen) atoms. The fraction of sp³-hybridized carbons (Fsp3) is 0.231. The van der Waals surface area contributed by atoms with Crippen LogP contribution in [0, 0.1) is 0 Å². The number of rotatable bonds is 2. The zero-order chi connectivity index (χ0) is 16.0. The summed E-state index contributed by atoms with van der Waals surface area (Å²) in [5, 5.41) is 0. The molecule has 0 aliphatic carbocycles. The number of halogens is 1. The molecule has 1 aromatic heterocycles. The molecule has 8 heteroatoms. The largest absolute Gasteiger partial charge is 0.722 e. The fourth-order valence-electron chi connectivity index (χ4n) is 1.46. The van der Waals surface area contributed by atoms with Crippen molar-refractivity contribution in [2.45, 2.75) is 19.8 Å². The Morgan fingerprint density at radius 1 is 1.24 bits per heavy atom. The number of hydrogen-bond acceptors (Lipinski definition) is 5. The van der Waals surface area contributed by atoms with Crippen LogP contribution >= 0.6 is 0 Å². The second kappa shape index (κ2) is 7.09. The normalized spacial score (nSPS) is 10.9. The van der Waals surface area contributed by atoms with E-state index in [1.807, 2.05) is 44.2 Å². The number of benzene rings is 1. The van der Waals surface area contributed by atoms with Crippen molar-refractivity contribution < 1.29 is 26.3 Å². The lowest BCUT2D eigenvalue weighted by Gasteiger charge is -2.01. The molecule has 2 rings (SSSR count). The van der Waals surface area contributed by atoms with Gasteiger partial charge in [-0.05, 0) is 13.8 Å². The average molecular weight is 315 g/mol. The van der Waals surface area contributed by atoms with Crippen molar-refractivity contribution >= 4 is 10.5 Å². The Hall–Kier alpha value is -2.06. The second-order valence-corrected chi connectivity index (χ2v) is 5.16. The van der Waals surface area contributed by atoms with E-state index in [9.17, 15) is 8.68 Å². The van der Waals surface area contributed by atoms with Crippen LogP contribution in [0.3, 0.4) is 0 Å². The molecule has 114 valence electrons. The van der Waals surface area contributed by atoms with Gasteiger partial charge in [0.1, 0.15) is 0 Å². The second-order valence-electron chi connectivity index (χ2n) is 4.38. The van der Waals surface area contributed by atoms with E-state index in [0.29, 0.717) is 11.7 Å². The first-order valence-electron chi connectivity index (χ1n) is 5.95. The Kier molecular flexibility index (Phi) is 5.74. The molecule has 0 saturated carbocycles. The van der Waals surface area contributed by atoms with Gasteiger partial charge in [0.15, 0.2) is 5.76 Å². The quantitative estimate of drug-likeness (QED) is 0.619. The topological polar surface area (TPSA) is 102 Å². The van der Waals surface area contributed by atoms with Crippen molar-refractivity contribution in [1.82, 2.24) is 0 Å². The minimum Gasteiger partial charge on any atom is -0.722 e. The fourth-order valence-corrected chi connectivity index (χ4v) is 1.46. The molecule has 0 aliphatic rings. The first kappa shape index (κ1) is 17.0. The van der Waals surface area contributed by atoms with Gasteiger partial charge in [-0.25, -0.2) is 13.2 Å². The minimum absolute atomic E-state index is 0.131. The van der Waals surface area contributed by atoms with E-state index in [0.717, 1.165) is 5.56 Å². The highest BCUT2D eigenvalue weighted by Gasteiger charge is 2.14. The summed E-state index contributed by atoms with van der Waals surface area (Å²) < 4.78 is 41.0. The zero-order valence-electron chi connectivity index (χ0n) is 11.4. The summed E-state index contributed by atoms with van der Waals surface area (Å²) >= 11 is 0. The molecule has 6 nitrogen and oxygen atoms in total. The van der Waals surface area contributed by atoms with Crippen molar-refractivity contribution in [3.63, 3.8) is 0 Å². The standard InChI is InChI=1S/C13H13NO2.FHO3S/c1-9(2)13-14-12(15)8-11(16-13)10-6-4-3-5-7-10;1-5(2,3)4/h3-9H,1-2H3;(H,2,3,4). The Balaban J connectivity index is 0.000000383. The maximum atomic E-state index is 11.5. The number of nitrogens with one attached hydrogen (secondary N) is 1. The van der Waals surface area contributed by atoms with Crippen LogP contribution < -0.4 is 10.5 Å². The van der Waals surface area contributed by atoms with E-state index in [1.54, 1.807) is 0 Å². The zero-order valence-corrected chi connectivity index (χ0v) is 12.2. The van der Waals surface area contributed by atoms with Crippen molar-refractivity contribution in [2.75, 3.05) is 0 Å². The third-order valence-electron chi connectivity index (χ3n) is 2.31. The van der Waals surface area contributed by atoms with E-state index in [4.69, 9.17) is 17.4 Å². The lowest BCUT2D eigenvalue weighted by Crippen LogP contribution is -2.30. The molecule has 1 aromatic carbocycles. The molecular weight excluding hydrogens is 301 g/mol. The Morgan fingerprint density at radius 2 is 1.76 bits per heavy atom. The predicted molar refractivity (Wildman–Crippen MR) is 71.9 cm³/mol. The highest BCUT2D eigenvalue weighted by Crippen LogP contribution is 2.19. The van der Waals surface area contributed by atoms with Crippen LogP contribution in [0.5, 0.6) is 0 Å². The monoisotopic (exact) mass is 315 g/mol. The third-order valence-corrected chi connectivity index (χ3v) is 2.31. The SMILES string of the molecule is CC(C)c1[nH+]c(=O)cc(-c2ccccc2)o1.O=S(=O)([O-])F. The van der Waals surface area contributed by atoms with Crippen LogP contribution in [0.15, 0.2) is 45.6 Å². The number of hydrogen-bond donors (Lipinski definition) is 0. The van der Waals surface area contributed by atoms with Crippen LogP contribution in [0.2, 0.25) is 0 Å². The smallest absolute Gasteiger partial charge is 0.417 e. The molecule has 0 fully saturated rings. The molecule has 0 spiro atoms. The van der Waals surface area contributed by atoms with Crippen molar-refractivity contribution in [3.05, 3.63) is 52.6 Å². The molecule has 0 unspecified atom stereocenters. The van der Waals surface area contributed by atoms with Crippen LogP contribution in [-0.4, -0.2) is 13.0 Å². The summed E-state index contributed by atoms with van der Waals surface area (Å²) in [6.45, 7) is 3.95. The molecule has 0 radical (unpaired) electrons. The maximum Gasteiger partial charge on any atom is 0.417 e. The molecule has 0 amide bonds. The molecule has 0 saturated heterocycles. The van der Waals surface area contributed by atoms with Gasteiger partial charge in [0.25, 0.3) is 10.5 Å². The summed E-state index contributed by atoms with van der Waals surface area (Å²) in [6, 6.07) is 11.1. The van der Waals surface area contributed by atoms with Crippen LogP contribution in [0.4, 0.5) is 3.89 Å². The van der Waals surface area contributed by atoms with Gasteiger partial charge in [0.2, 0.25) is 0 Å². The van der Waals surface area contributed by atoms with E-state index >= 15 is 0 Å². The number of aromatic amines is 1. The Labute approximate surface area is 121 Å². The molecule has 0 bridgehead atoms. The summed E-state index contributed by atoms with van der Waals surface area (Å²) in [5.41, 5.74) is 0.782. The summed E-state index contributed by atoms with van der Waals surface area (Å²) in [7, 11) is -5.42. The predicted octanol–water partition coefficient (Wildman–Crippen LogP) is 1.66. The average Bonchev–Trinajstić information content (AvgIpc) is 2.37. The van der Waals surface area contributed by atoms with Crippen LogP contribution in [0.25, 0.3) is 11.3 Å². The lowest BCUT2D eigenvalue weighted by atomic mass is 10.1. The molecule has 1 heterocycles. The van der Waals surface area contributed by atoms with Gasteiger partial charge in [-0.3, -0.25) is 0 Å². The minimum atomic E-state index is -5.42. The van der Waals surface area contributed by atoms with Crippen molar-refractivity contribution in [3.8, 4) is 11.3 Å². The lowest BCUT2D eigenvalue weighted by molar-refractivity contribution is -0.430. The molecular formula is C13H14FNO5S. The highest BCUT2D eigenvalue weighted by atomic mass is 32.3. The summed E-state index contributed by atoms with van der Waals surface area (Å²) in [6.07, 6.45) is 0. The molecule has 2 aromatic rings. The van der Waals surface area contributed by atoms with Crippen LogP contribution in [0.1, 0.15) is 25.7 Å². The molecule has 0 aliphatic heterocycles. The van der Waals surface area contributed by atoms with Gasteiger partial charge in [0, 0.05) is 5.56 Å². The first-order valence-corrected chi connectivity index (χ1v) is 7.26. The number of aromatic nitrogens is 1. The van der Waals surface area contributed by atoms with Crippen LogP contribution in [-0.2, 0) is 10.5 Å². The van der Waals surface area contributed by atoms with Crippen molar-refractivity contribution in [1.29, 1.82) is 0 Å². The van der Waals surface area contributed by atoms with Gasteiger partial charge in [0.05, 0.1) is 12.0 Å². The highest BCUT2D eigenvalue weighted by molar-refractivity contribution is 7.80. The summed E-state index contributed by atoms with van der Waals surface area (Å²) in [5.74, 6) is 1.37. The van der Waals surface area contributed by atoms with Gasteiger partial charge >= 0.3 is 11.4 Å². The Bertz CT molecular complexity index is 733. The molecule has 1 N–H and O–H groups in total. The van der Waals surface area contributed by atoms with Gasteiger partial charge in [-0.15, -0.1) is 8.87 Å². The number of H-pyrrole nitrogens is 1. The maximum absolute atomic E-state index is 11.5. The van der Waals surface area contributed by atoms with Gasteiger partial charge < -0.3 is 8.97 Å². The van der Waals surface area contributed by atoms with E-state index in [-0.39, 0.29) is 11.5 Å². The van der Waals surface area contributed by atoms with E-state index in [2.05, 4.69) is 4.98 Å². The third kappa shape index (κ3) is 6.77. The first-order chi connectivity index (χ1) is 9.66. The van der Waals surface area contributed by atoms with Crippen molar-refractivity contribution in [2.24, 2.45) is 0 Å². The van der Waals surface area contributed by atoms with Gasteiger partial charge in [-0.2, -0.15) is 0 Å². The van der Waals surface area contributed by atoms with E-state index in [1.165, 1.54) is 6.07 Å². The van der Waals surface area contributed by atoms with Gasteiger partial charge in [-0.1, -0.05) is 30.3 Å². The molecule has 0 atom stereocenters. The Morgan fingerprint density at radius 3 is 2.24 bits per heavy atom. The van der Waals surface area contributed by atoms with E-state index < -0.39 is 10.5 Å². The summed E-state index contributed by atoms with van der Waals surface area (Å²) in [4.78, 5) is 14.2.